The van der Waals surface area contributed by atoms with Crippen LogP contribution in [0.25, 0.3) is 95.0 Å². The van der Waals surface area contributed by atoms with Crippen molar-refractivity contribution >= 4 is 21.8 Å². The van der Waals surface area contributed by atoms with Gasteiger partial charge in [0.1, 0.15) is 0 Å². The summed E-state index contributed by atoms with van der Waals surface area (Å²) in [6.07, 6.45) is 1.71. The predicted octanol–water partition coefficient (Wildman–Crippen LogP) is 12.8. The monoisotopic (exact) mass is 726 g/mol. The summed E-state index contributed by atoms with van der Waals surface area (Å²) >= 11 is 0. The predicted molar refractivity (Wildman–Crippen MR) is 232 cm³/mol. The van der Waals surface area contributed by atoms with Gasteiger partial charge in [0.25, 0.3) is 0 Å². The van der Waals surface area contributed by atoms with Crippen molar-refractivity contribution in [3.8, 4) is 73.2 Å². The van der Waals surface area contributed by atoms with E-state index in [4.69, 9.17) is 15.0 Å². The number of rotatable bonds is 5. The van der Waals surface area contributed by atoms with Crippen LogP contribution in [0.2, 0.25) is 0 Å². The molecular formula is C53H34N4. The fourth-order valence-corrected chi connectivity index (χ4v) is 9.31. The van der Waals surface area contributed by atoms with E-state index in [0.29, 0.717) is 17.5 Å². The number of fused-ring (bicyclic) bond motifs is 9. The second kappa shape index (κ2) is 12.6. The van der Waals surface area contributed by atoms with Crippen molar-refractivity contribution in [1.82, 2.24) is 19.5 Å². The van der Waals surface area contributed by atoms with Gasteiger partial charge in [-0.3, -0.25) is 0 Å². The van der Waals surface area contributed by atoms with Crippen molar-refractivity contribution in [3.05, 3.63) is 204 Å². The molecule has 0 N–H and O–H groups in total. The molecule has 0 bridgehead atoms. The molecule has 57 heavy (non-hydrogen) atoms. The number of hydrogen-bond donors (Lipinski definition) is 0. The van der Waals surface area contributed by atoms with Crippen LogP contribution in [-0.4, -0.2) is 19.5 Å². The van der Waals surface area contributed by atoms with Gasteiger partial charge >= 0.3 is 0 Å². The molecule has 2 aliphatic rings. The smallest absolute Gasteiger partial charge is 0.164 e. The normalized spacial score (nSPS) is 12.4. The molecule has 2 aliphatic carbocycles. The lowest BCUT2D eigenvalue weighted by atomic mass is 10.00. The maximum Gasteiger partial charge on any atom is 0.164 e. The van der Waals surface area contributed by atoms with E-state index in [1.807, 2.05) is 18.2 Å². The Hall–Kier alpha value is -7.43. The minimum Gasteiger partial charge on any atom is -0.309 e. The van der Waals surface area contributed by atoms with Gasteiger partial charge in [0, 0.05) is 33.0 Å². The minimum atomic E-state index is 0.677. The van der Waals surface area contributed by atoms with Crippen LogP contribution in [0.1, 0.15) is 22.3 Å². The van der Waals surface area contributed by atoms with Gasteiger partial charge in [0.2, 0.25) is 0 Å². The molecule has 0 radical (unpaired) electrons. The summed E-state index contributed by atoms with van der Waals surface area (Å²) in [6.45, 7) is 0. The van der Waals surface area contributed by atoms with Gasteiger partial charge in [-0.25, -0.2) is 15.0 Å². The summed E-state index contributed by atoms with van der Waals surface area (Å²) in [5.41, 5.74) is 19.4. The molecule has 8 aromatic carbocycles. The Morgan fingerprint density at radius 3 is 1.88 bits per heavy atom. The van der Waals surface area contributed by atoms with Crippen molar-refractivity contribution in [2.45, 2.75) is 12.8 Å². The quantitative estimate of drug-likeness (QED) is 0.177. The van der Waals surface area contributed by atoms with Crippen LogP contribution < -0.4 is 0 Å². The molecule has 0 fully saturated rings. The Labute approximate surface area is 330 Å². The second-order valence-corrected chi connectivity index (χ2v) is 15.1. The molecule has 4 nitrogen and oxygen atoms in total. The van der Waals surface area contributed by atoms with Gasteiger partial charge in [0.15, 0.2) is 17.5 Å². The first-order chi connectivity index (χ1) is 28.2. The van der Waals surface area contributed by atoms with Crippen molar-refractivity contribution in [2.24, 2.45) is 0 Å². The third-order valence-electron chi connectivity index (χ3n) is 11.9. The van der Waals surface area contributed by atoms with E-state index in [2.05, 4.69) is 168 Å². The van der Waals surface area contributed by atoms with Crippen LogP contribution in [0.15, 0.2) is 182 Å². The number of nitrogens with zero attached hydrogens (tertiary/aromatic N) is 4. The van der Waals surface area contributed by atoms with Crippen LogP contribution in [0.3, 0.4) is 0 Å². The van der Waals surface area contributed by atoms with Crippen LogP contribution >= 0.6 is 0 Å². The zero-order valence-corrected chi connectivity index (χ0v) is 31.0. The Morgan fingerprint density at radius 1 is 0.351 bits per heavy atom. The van der Waals surface area contributed by atoms with Gasteiger partial charge in [0.05, 0.1) is 16.7 Å². The molecular weight excluding hydrogens is 693 g/mol. The van der Waals surface area contributed by atoms with E-state index in [1.165, 1.54) is 83.1 Å². The topological polar surface area (TPSA) is 43.6 Å². The van der Waals surface area contributed by atoms with Gasteiger partial charge in [-0.1, -0.05) is 152 Å². The van der Waals surface area contributed by atoms with E-state index < -0.39 is 0 Å². The average molecular weight is 727 g/mol. The van der Waals surface area contributed by atoms with Crippen molar-refractivity contribution in [3.63, 3.8) is 0 Å². The summed E-state index contributed by atoms with van der Waals surface area (Å²) in [5, 5.41) is 2.51. The summed E-state index contributed by atoms with van der Waals surface area (Å²) < 4.78 is 2.46. The lowest BCUT2D eigenvalue weighted by molar-refractivity contribution is 1.07. The number of hydrogen-bond acceptors (Lipinski definition) is 3. The van der Waals surface area contributed by atoms with Gasteiger partial charge in [-0.05, 0) is 93.2 Å². The zero-order chi connectivity index (χ0) is 37.5. The average Bonchev–Trinajstić information content (AvgIpc) is 3.96. The first-order valence-corrected chi connectivity index (χ1v) is 19.6. The fraction of sp³-hybridized carbons (Fsp3) is 0.0377. The summed E-state index contributed by atoms with van der Waals surface area (Å²) in [4.78, 5) is 15.5. The highest BCUT2D eigenvalue weighted by atomic mass is 15.0. The first-order valence-electron chi connectivity index (χ1n) is 19.6. The highest BCUT2D eigenvalue weighted by Crippen LogP contribution is 2.45. The van der Waals surface area contributed by atoms with Crippen molar-refractivity contribution in [2.75, 3.05) is 0 Å². The Kier molecular flexibility index (Phi) is 7.02. The van der Waals surface area contributed by atoms with Gasteiger partial charge in [-0.15, -0.1) is 0 Å². The van der Waals surface area contributed by atoms with Crippen LogP contribution in [0.4, 0.5) is 0 Å². The maximum atomic E-state index is 5.24. The van der Waals surface area contributed by atoms with E-state index in [-0.39, 0.29) is 0 Å². The summed E-state index contributed by atoms with van der Waals surface area (Å²) in [7, 11) is 0. The number of benzene rings is 8. The van der Waals surface area contributed by atoms with E-state index in [1.54, 1.807) is 0 Å². The Balaban J connectivity index is 0.993. The molecule has 2 aromatic heterocycles. The molecule has 0 atom stereocenters. The van der Waals surface area contributed by atoms with Gasteiger partial charge < -0.3 is 4.57 Å². The van der Waals surface area contributed by atoms with Crippen LogP contribution in [0.5, 0.6) is 0 Å². The highest BCUT2D eigenvalue weighted by Gasteiger charge is 2.27. The maximum absolute atomic E-state index is 5.24. The molecule has 0 unspecified atom stereocenters. The lowest BCUT2D eigenvalue weighted by Crippen LogP contribution is -2.02. The van der Waals surface area contributed by atoms with Crippen molar-refractivity contribution < 1.29 is 0 Å². The molecule has 10 aromatic rings. The Bertz CT molecular complexity index is 3230. The van der Waals surface area contributed by atoms with Crippen molar-refractivity contribution in [1.29, 1.82) is 0 Å². The van der Waals surface area contributed by atoms with Gasteiger partial charge in [-0.2, -0.15) is 0 Å². The van der Waals surface area contributed by atoms with E-state index in [0.717, 1.165) is 29.5 Å². The van der Waals surface area contributed by atoms with Crippen LogP contribution in [0, 0.1) is 0 Å². The van der Waals surface area contributed by atoms with E-state index in [9.17, 15) is 0 Å². The molecule has 266 valence electrons. The molecule has 4 heteroatoms. The number of aromatic nitrogens is 4. The molecule has 0 spiro atoms. The standard InChI is InChI=1S/C53H34N4/c1-3-13-33(14-4-1)35-26-28-48-46(31-35)43-20-9-10-23-47(43)57(48)49-24-11-18-37-29-39-30-38(25-27-41(39)50(37)49)52-54-51(34-15-5-2-6-16-34)55-53(56-52)44-22-12-21-42-40-19-8-7-17-36(40)32-45(42)44/h1-28,30-31H,29,32H2. The van der Waals surface area contributed by atoms with E-state index >= 15 is 0 Å². The summed E-state index contributed by atoms with van der Waals surface area (Å²) in [5.74, 6) is 2.07. The molecule has 12 rings (SSSR count). The lowest BCUT2D eigenvalue weighted by Gasteiger charge is -2.15. The number of para-hydroxylation sites is 1. The highest BCUT2D eigenvalue weighted by molar-refractivity contribution is 6.11. The Morgan fingerprint density at radius 2 is 1.00 bits per heavy atom. The first kappa shape index (κ1) is 31.9. The fourth-order valence-electron chi connectivity index (χ4n) is 9.31. The molecule has 0 amide bonds. The third-order valence-corrected chi connectivity index (χ3v) is 11.9. The molecule has 2 heterocycles. The molecule has 0 saturated heterocycles. The third kappa shape index (κ3) is 5.04. The largest absolute Gasteiger partial charge is 0.309 e. The van der Waals surface area contributed by atoms with Crippen LogP contribution in [-0.2, 0) is 12.8 Å². The SMILES string of the molecule is c1ccc(-c2ccc3c(c2)c2ccccc2n3-c2cccc3c2-c2ccc(-c4nc(-c5ccccc5)nc(-c5cccc6c5Cc5ccccc5-6)n4)cc2C3)cc1. The molecule has 0 saturated carbocycles. The summed E-state index contributed by atoms with van der Waals surface area (Å²) in [6, 6.07) is 65.4. The zero-order valence-electron chi connectivity index (χ0n) is 31.0. The second-order valence-electron chi connectivity index (χ2n) is 15.1. The molecule has 0 aliphatic heterocycles. The minimum absolute atomic E-state index is 0.677.